The van der Waals surface area contributed by atoms with Gasteiger partial charge in [-0.2, -0.15) is 5.10 Å². The van der Waals surface area contributed by atoms with Crippen molar-refractivity contribution in [2.24, 2.45) is 0 Å². The van der Waals surface area contributed by atoms with E-state index in [4.69, 9.17) is 17.0 Å². The van der Waals surface area contributed by atoms with Crippen LogP contribution in [0.3, 0.4) is 0 Å². The van der Waals surface area contributed by atoms with E-state index in [1.54, 1.807) is 30.1 Å². The highest BCUT2D eigenvalue weighted by molar-refractivity contribution is 8.03. The first-order chi connectivity index (χ1) is 12.5. The van der Waals surface area contributed by atoms with E-state index >= 15 is 0 Å². The van der Waals surface area contributed by atoms with E-state index in [2.05, 4.69) is 15.4 Å². The first kappa shape index (κ1) is 18.8. The number of allylic oxidation sites excluding steroid dienone is 1. The SMILES string of the molecule is CC1(C)C(=N)N[C@](C)(C2=C(Cl)CC(c3ccc4ncnn4c3)S2)CS1(=O)=O. The zero-order valence-corrected chi connectivity index (χ0v) is 17.5. The van der Waals surface area contributed by atoms with Crippen molar-refractivity contribution < 1.29 is 8.42 Å². The lowest BCUT2D eigenvalue weighted by molar-refractivity contribution is 0.493. The Morgan fingerprint density at radius 2 is 2.11 bits per heavy atom. The van der Waals surface area contributed by atoms with Crippen molar-refractivity contribution in [2.45, 2.75) is 42.7 Å². The van der Waals surface area contributed by atoms with Crippen molar-refractivity contribution in [1.29, 1.82) is 5.41 Å². The van der Waals surface area contributed by atoms with Crippen LogP contribution in [0.2, 0.25) is 0 Å². The molecule has 0 bridgehead atoms. The van der Waals surface area contributed by atoms with Gasteiger partial charge < -0.3 is 5.32 Å². The molecule has 2 aliphatic heterocycles. The van der Waals surface area contributed by atoms with Crippen molar-refractivity contribution in [3.8, 4) is 0 Å². The molecule has 0 radical (unpaired) electrons. The molecule has 2 atom stereocenters. The molecule has 0 aliphatic carbocycles. The van der Waals surface area contributed by atoms with E-state index in [1.165, 1.54) is 6.33 Å². The van der Waals surface area contributed by atoms with Crippen molar-refractivity contribution in [1.82, 2.24) is 19.9 Å². The first-order valence-electron chi connectivity index (χ1n) is 8.48. The molecule has 4 heterocycles. The molecule has 0 saturated carbocycles. The predicted molar refractivity (Wildman–Crippen MR) is 108 cm³/mol. The van der Waals surface area contributed by atoms with Gasteiger partial charge in [0.05, 0.1) is 11.3 Å². The number of hydrogen-bond acceptors (Lipinski definition) is 6. The lowest BCUT2D eigenvalue weighted by Crippen LogP contribution is -2.65. The second-order valence-corrected chi connectivity index (χ2v) is 11.9. The van der Waals surface area contributed by atoms with Gasteiger partial charge in [-0.1, -0.05) is 17.7 Å². The summed E-state index contributed by atoms with van der Waals surface area (Å²) in [5.74, 6) is -0.0933. The molecule has 0 spiro atoms. The summed E-state index contributed by atoms with van der Waals surface area (Å²) in [6, 6.07) is 3.89. The van der Waals surface area contributed by atoms with Gasteiger partial charge in [-0.05, 0) is 32.4 Å². The molecular weight excluding hydrogens is 406 g/mol. The summed E-state index contributed by atoms with van der Waals surface area (Å²) >= 11 is 8.13. The average molecular weight is 426 g/mol. The smallest absolute Gasteiger partial charge is 0.165 e. The number of nitrogens with one attached hydrogen (secondary N) is 2. The summed E-state index contributed by atoms with van der Waals surface area (Å²) in [5.41, 5.74) is 0.909. The van der Waals surface area contributed by atoms with E-state index in [1.807, 2.05) is 25.3 Å². The molecule has 0 amide bonds. The number of fused-ring (bicyclic) bond motifs is 1. The van der Waals surface area contributed by atoms with Crippen LogP contribution in [-0.4, -0.2) is 44.9 Å². The number of sulfone groups is 1. The predicted octanol–water partition coefficient (Wildman–Crippen LogP) is 2.89. The molecule has 1 fully saturated rings. The lowest BCUT2D eigenvalue weighted by atomic mass is 10.00. The van der Waals surface area contributed by atoms with Gasteiger partial charge in [0, 0.05) is 27.8 Å². The number of aromatic nitrogens is 3. The number of hydrogen-bond donors (Lipinski definition) is 2. The van der Waals surface area contributed by atoms with Crippen LogP contribution < -0.4 is 5.32 Å². The Hall–Kier alpha value is -1.58. The van der Waals surface area contributed by atoms with Gasteiger partial charge in [-0.25, -0.2) is 17.9 Å². The summed E-state index contributed by atoms with van der Waals surface area (Å²) < 4.78 is 26.1. The highest BCUT2D eigenvalue weighted by atomic mass is 35.5. The monoisotopic (exact) mass is 425 g/mol. The maximum atomic E-state index is 12.8. The number of amidine groups is 1. The molecule has 27 heavy (non-hydrogen) atoms. The van der Waals surface area contributed by atoms with E-state index in [9.17, 15) is 8.42 Å². The number of pyridine rings is 1. The largest absolute Gasteiger partial charge is 0.362 e. The fourth-order valence-electron chi connectivity index (χ4n) is 3.44. The zero-order valence-electron chi connectivity index (χ0n) is 15.2. The summed E-state index contributed by atoms with van der Waals surface area (Å²) in [7, 11) is -3.50. The Kier molecular flexibility index (Phi) is 4.14. The third kappa shape index (κ3) is 2.87. The van der Waals surface area contributed by atoms with Crippen LogP contribution >= 0.6 is 23.4 Å². The highest BCUT2D eigenvalue weighted by Crippen LogP contribution is 2.53. The third-order valence-electron chi connectivity index (χ3n) is 5.30. The molecule has 7 nitrogen and oxygen atoms in total. The summed E-state index contributed by atoms with van der Waals surface area (Å²) in [5, 5.41) is 16.2. The Morgan fingerprint density at radius 1 is 1.37 bits per heavy atom. The highest BCUT2D eigenvalue weighted by Gasteiger charge is 2.52. The van der Waals surface area contributed by atoms with E-state index in [-0.39, 0.29) is 16.8 Å². The van der Waals surface area contributed by atoms with Crippen molar-refractivity contribution in [3.63, 3.8) is 0 Å². The molecule has 2 N–H and O–H groups in total. The van der Waals surface area contributed by atoms with Gasteiger partial charge in [0.25, 0.3) is 0 Å². The quantitative estimate of drug-likeness (QED) is 0.767. The van der Waals surface area contributed by atoms with Crippen LogP contribution in [0.1, 0.15) is 38.0 Å². The number of nitrogens with zero attached hydrogens (tertiary/aromatic N) is 3. The van der Waals surface area contributed by atoms with E-state index < -0.39 is 20.1 Å². The van der Waals surface area contributed by atoms with Crippen LogP contribution in [0.4, 0.5) is 0 Å². The Balaban J connectivity index is 1.64. The van der Waals surface area contributed by atoms with Gasteiger partial charge in [-0.15, -0.1) is 11.8 Å². The second-order valence-electron chi connectivity index (χ2n) is 7.67. The van der Waals surface area contributed by atoms with Crippen LogP contribution in [0.25, 0.3) is 5.65 Å². The van der Waals surface area contributed by atoms with Crippen LogP contribution in [-0.2, 0) is 9.84 Å². The van der Waals surface area contributed by atoms with Gasteiger partial charge in [0.15, 0.2) is 15.5 Å². The summed E-state index contributed by atoms with van der Waals surface area (Å²) in [6.45, 7) is 4.93. The minimum absolute atomic E-state index is 0.00121. The normalized spacial score (nSPS) is 29.9. The fraction of sp³-hybridized carbons (Fsp3) is 0.471. The Labute approximate surface area is 167 Å². The third-order valence-corrected chi connectivity index (χ3v) is 10.1. The van der Waals surface area contributed by atoms with Crippen LogP contribution in [0.5, 0.6) is 0 Å². The molecular formula is C17H20ClN5O2S2. The molecule has 1 unspecified atom stereocenters. The number of halogens is 1. The molecule has 2 aromatic heterocycles. The van der Waals surface area contributed by atoms with E-state index in [0.717, 1.165) is 16.1 Å². The molecule has 4 rings (SSSR count). The maximum Gasteiger partial charge on any atom is 0.165 e. The number of rotatable bonds is 2. The Morgan fingerprint density at radius 3 is 2.81 bits per heavy atom. The maximum absolute atomic E-state index is 12.8. The van der Waals surface area contributed by atoms with Crippen molar-refractivity contribution in [3.05, 3.63) is 40.2 Å². The first-order valence-corrected chi connectivity index (χ1v) is 11.4. The topological polar surface area (TPSA) is 100 Å². The zero-order chi connectivity index (χ0) is 19.6. The van der Waals surface area contributed by atoms with Crippen molar-refractivity contribution in [2.75, 3.05) is 5.75 Å². The van der Waals surface area contributed by atoms with Gasteiger partial charge in [-0.3, -0.25) is 5.41 Å². The molecule has 144 valence electrons. The lowest BCUT2D eigenvalue weighted by Gasteiger charge is -2.43. The number of thioether (sulfide) groups is 1. The molecule has 10 heteroatoms. The molecule has 2 aromatic rings. The standard InChI is InChI=1S/C17H20ClN5O2S2/c1-16(2)15(19)22-17(3,8-27(16,24)25)14-11(18)6-12(26-14)10-4-5-13-20-9-21-23(13)7-10/h4-5,7,9,12H,6,8H2,1-3H3,(H2,19,22)/t12?,17-/m0/s1. The molecule has 2 aliphatic rings. The van der Waals surface area contributed by atoms with Crippen molar-refractivity contribution >= 4 is 44.7 Å². The summed E-state index contributed by atoms with van der Waals surface area (Å²) in [4.78, 5) is 4.94. The summed E-state index contributed by atoms with van der Waals surface area (Å²) in [6.07, 6.45) is 4.03. The van der Waals surface area contributed by atoms with E-state index in [0.29, 0.717) is 11.5 Å². The molecule has 0 aromatic carbocycles. The van der Waals surface area contributed by atoms with Gasteiger partial charge >= 0.3 is 0 Å². The minimum atomic E-state index is -3.50. The average Bonchev–Trinajstić information content (AvgIpc) is 3.18. The van der Waals surface area contributed by atoms with Gasteiger partial charge in [0.2, 0.25) is 0 Å². The van der Waals surface area contributed by atoms with Crippen LogP contribution in [0, 0.1) is 5.41 Å². The fourth-order valence-corrected chi connectivity index (χ4v) is 7.23. The van der Waals surface area contributed by atoms with Gasteiger partial charge in [0.1, 0.15) is 16.9 Å². The minimum Gasteiger partial charge on any atom is -0.362 e. The Bertz CT molecular complexity index is 1090. The van der Waals surface area contributed by atoms with Crippen LogP contribution in [0.15, 0.2) is 34.6 Å². The molecule has 1 saturated heterocycles. The second kappa shape index (κ2) is 5.96.